The first-order valence-corrected chi connectivity index (χ1v) is 9.15. The fourth-order valence-corrected chi connectivity index (χ4v) is 3.31. The Kier molecular flexibility index (Phi) is 7.35. The summed E-state index contributed by atoms with van der Waals surface area (Å²) < 4.78 is 27.3. The van der Waals surface area contributed by atoms with Crippen LogP contribution in [0, 0.1) is 5.92 Å². The van der Waals surface area contributed by atoms with Crippen molar-refractivity contribution >= 4 is 10.0 Å². The Labute approximate surface area is 129 Å². The van der Waals surface area contributed by atoms with Crippen molar-refractivity contribution in [1.29, 1.82) is 0 Å². The molecular formula is C16H28N2O2S. The molecule has 0 aliphatic heterocycles. The molecule has 120 valence electrons. The fraction of sp³-hybridized carbons (Fsp3) is 0.625. The van der Waals surface area contributed by atoms with Crippen molar-refractivity contribution in [3.8, 4) is 0 Å². The standard InChI is InChI=1S/C16H28N2O2S/c1-5-17-12-15-8-10-16(11-9-15)21(19,20)18-14(4)7-6-13(2)3/h8-11,13-14,17-18H,5-7,12H2,1-4H3. The first-order chi connectivity index (χ1) is 9.85. The quantitative estimate of drug-likeness (QED) is 0.737. The summed E-state index contributed by atoms with van der Waals surface area (Å²) in [5.74, 6) is 0.585. The molecule has 4 nitrogen and oxygen atoms in total. The van der Waals surface area contributed by atoms with Gasteiger partial charge in [0.05, 0.1) is 4.90 Å². The summed E-state index contributed by atoms with van der Waals surface area (Å²) in [5.41, 5.74) is 1.09. The molecule has 0 aliphatic carbocycles. The van der Waals surface area contributed by atoms with Gasteiger partial charge in [0, 0.05) is 12.6 Å². The number of benzene rings is 1. The van der Waals surface area contributed by atoms with Gasteiger partial charge in [0.2, 0.25) is 10.0 Å². The van der Waals surface area contributed by atoms with E-state index in [0.29, 0.717) is 10.8 Å². The predicted molar refractivity (Wildman–Crippen MR) is 87.7 cm³/mol. The molecule has 1 unspecified atom stereocenters. The minimum Gasteiger partial charge on any atom is -0.313 e. The summed E-state index contributed by atoms with van der Waals surface area (Å²) in [7, 11) is -3.42. The van der Waals surface area contributed by atoms with Crippen molar-refractivity contribution in [2.24, 2.45) is 5.92 Å². The maximum Gasteiger partial charge on any atom is 0.240 e. The van der Waals surface area contributed by atoms with E-state index in [1.807, 2.05) is 26.0 Å². The molecule has 0 fully saturated rings. The van der Waals surface area contributed by atoms with Crippen molar-refractivity contribution < 1.29 is 8.42 Å². The average molecular weight is 312 g/mol. The molecule has 0 spiro atoms. The summed E-state index contributed by atoms with van der Waals surface area (Å²) >= 11 is 0. The van der Waals surface area contributed by atoms with Crippen LogP contribution in [0.15, 0.2) is 29.2 Å². The van der Waals surface area contributed by atoms with Gasteiger partial charge in [0.15, 0.2) is 0 Å². The molecular weight excluding hydrogens is 284 g/mol. The van der Waals surface area contributed by atoms with Crippen molar-refractivity contribution in [3.63, 3.8) is 0 Å². The molecule has 0 saturated heterocycles. The van der Waals surface area contributed by atoms with Gasteiger partial charge in [-0.1, -0.05) is 32.9 Å². The second-order valence-electron chi connectivity index (χ2n) is 5.92. The summed E-state index contributed by atoms with van der Waals surface area (Å²) in [6.07, 6.45) is 1.88. The molecule has 2 N–H and O–H groups in total. The lowest BCUT2D eigenvalue weighted by Gasteiger charge is -2.15. The van der Waals surface area contributed by atoms with Crippen LogP contribution in [0.2, 0.25) is 0 Å². The van der Waals surface area contributed by atoms with Crippen LogP contribution in [-0.2, 0) is 16.6 Å². The van der Waals surface area contributed by atoms with E-state index in [2.05, 4.69) is 23.9 Å². The maximum absolute atomic E-state index is 12.3. The smallest absolute Gasteiger partial charge is 0.240 e. The van der Waals surface area contributed by atoms with Crippen LogP contribution < -0.4 is 10.0 Å². The Balaban J connectivity index is 2.65. The summed E-state index contributed by atoms with van der Waals surface area (Å²) in [5, 5.41) is 3.22. The van der Waals surface area contributed by atoms with Crippen molar-refractivity contribution in [3.05, 3.63) is 29.8 Å². The highest BCUT2D eigenvalue weighted by atomic mass is 32.2. The molecule has 0 aliphatic rings. The van der Waals surface area contributed by atoms with Crippen LogP contribution in [0.25, 0.3) is 0 Å². The van der Waals surface area contributed by atoms with Crippen molar-refractivity contribution in [2.45, 2.75) is 58.0 Å². The Hall–Kier alpha value is -0.910. The number of sulfonamides is 1. The Morgan fingerprint density at radius 1 is 1.05 bits per heavy atom. The molecule has 21 heavy (non-hydrogen) atoms. The van der Waals surface area contributed by atoms with E-state index in [-0.39, 0.29) is 6.04 Å². The molecule has 0 saturated carbocycles. The van der Waals surface area contributed by atoms with E-state index in [1.54, 1.807) is 12.1 Å². The molecule has 0 radical (unpaired) electrons. The van der Waals surface area contributed by atoms with Gasteiger partial charge < -0.3 is 5.32 Å². The van der Waals surface area contributed by atoms with Crippen molar-refractivity contribution in [2.75, 3.05) is 6.54 Å². The Morgan fingerprint density at radius 2 is 1.67 bits per heavy atom. The van der Waals surface area contributed by atoms with Gasteiger partial charge in [-0.3, -0.25) is 0 Å². The monoisotopic (exact) mass is 312 g/mol. The second-order valence-corrected chi connectivity index (χ2v) is 7.63. The lowest BCUT2D eigenvalue weighted by atomic mass is 10.1. The van der Waals surface area contributed by atoms with E-state index in [0.717, 1.165) is 31.5 Å². The normalized spacial score (nSPS) is 13.6. The van der Waals surface area contributed by atoms with Crippen LogP contribution >= 0.6 is 0 Å². The number of rotatable bonds is 9. The molecule has 1 rings (SSSR count). The highest BCUT2D eigenvalue weighted by Gasteiger charge is 2.17. The van der Waals surface area contributed by atoms with Crippen LogP contribution in [0.4, 0.5) is 0 Å². The minimum atomic E-state index is -3.42. The van der Waals surface area contributed by atoms with Gasteiger partial charge in [-0.15, -0.1) is 0 Å². The largest absolute Gasteiger partial charge is 0.313 e. The average Bonchev–Trinajstić information content (AvgIpc) is 2.43. The molecule has 1 aromatic carbocycles. The number of hydrogen-bond donors (Lipinski definition) is 2. The van der Waals surface area contributed by atoms with E-state index in [1.165, 1.54) is 0 Å². The third kappa shape index (κ3) is 6.59. The highest BCUT2D eigenvalue weighted by molar-refractivity contribution is 7.89. The summed E-state index contributed by atoms with van der Waals surface area (Å²) in [6.45, 7) is 9.90. The Morgan fingerprint density at radius 3 is 2.19 bits per heavy atom. The molecule has 0 aromatic heterocycles. The molecule has 0 heterocycles. The zero-order valence-corrected chi connectivity index (χ0v) is 14.3. The molecule has 0 amide bonds. The predicted octanol–water partition coefficient (Wildman–Crippen LogP) is 2.90. The van der Waals surface area contributed by atoms with Crippen molar-refractivity contribution in [1.82, 2.24) is 10.0 Å². The summed E-state index contributed by atoms with van der Waals surface area (Å²) in [6, 6.07) is 7.01. The van der Waals surface area contributed by atoms with Crippen LogP contribution in [0.1, 0.15) is 46.1 Å². The third-order valence-electron chi connectivity index (χ3n) is 3.35. The SMILES string of the molecule is CCNCc1ccc(S(=O)(=O)NC(C)CCC(C)C)cc1. The third-order valence-corrected chi connectivity index (χ3v) is 4.95. The Bertz CT molecular complexity index is 510. The van der Waals surface area contributed by atoms with Gasteiger partial charge in [0.1, 0.15) is 0 Å². The van der Waals surface area contributed by atoms with Crippen LogP contribution in [0.3, 0.4) is 0 Å². The topological polar surface area (TPSA) is 58.2 Å². The van der Waals surface area contributed by atoms with E-state index in [4.69, 9.17) is 0 Å². The molecule has 5 heteroatoms. The van der Waals surface area contributed by atoms with E-state index in [9.17, 15) is 8.42 Å². The lowest BCUT2D eigenvalue weighted by molar-refractivity contribution is 0.485. The summed E-state index contributed by atoms with van der Waals surface area (Å²) in [4.78, 5) is 0.333. The van der Waals surface area contributed by atoms with E-state index >= 15 is 0 Å². The fourth-order valence-electron chi connectivity index (χ4n) is 2.03. The minimum absolute atomic E-state index is 0.0427. The zero-order valence-electron chi connectivity index (χ0n) is 13.5. The van der Waals surface area contributed by atoms with Crippen LogP contribution in [0.5, 0.6) is 0 Å². The van der Waals surface area contributed by atoms with Gasteiger partial charge in [-0.05, 0) is 49.9 Å². The number of nitrogens with one attached hydrogen (secondary N) is 2. The lowest BCUT2D eigenvalue weighted by Crippen LogP contribution is -2.32. The maximum atomic E-state index is 12.3. The first-order valence-electron chi connectivity index (χ1n) is 7.67. The van der Waals surface area contributed by atoms with Gasteiger partial charge in [0.25, 0.3) is 0 Å². The molecule has 1 aromatic rings. The number of hydrogen-bond acceptors (Lipinski definition) is 3. The van der Waals surface area contributed by atoms with Gasteiger partial charge >= 0.3 is 0 Å². The van der Waals surface area contributed by atoms with E-state index < -0.39 is 10.0 Å². The van der Waals surface area contributed by atoms with Crippen LogP contribution in [-0.4, -0.2) is 21.0 Å². The molecule has 0 bridgehead atoms. The van der Waals surface area contributed by atoms with Gasteiger partial charge in [-0.2, -0.15) is 0 Å². The zero-order chi connectivity index (χ0) is 15.9. The highest BCUT2D eigenvalue weighted by Crippen LogP contribution is 2.13. The molecule has 1 atom stereocenters. The first kappa shape index (κ1) is 18.1. The van der Waals surface area contributed by atoms with Gasteiger partial charge in [-0.25, -0.2) is 13.1 Å². The second kappa shape index (κ2) is 8.51.